The third-order valence-corrected chi connectivity index (χ3v) is 3.62. The first-order valence-electron chi connectivity index (χ1n) is 7.54. The zero-order valence-electron chi connectivity index (χ0n) is 13.0. The van der Waals surface area contributed by atoms with Crippen molar-refractivity contribution in [3.05, 3.63) is 78.9 Å². The third-order valence-electron chi connectivity index (χ3n) is 3.62. The average molecular weight is 331 g/mol. The quantitative estimate of drug-likeness (QED) is 0.618. The maximum atomic E-state index is 12.4. The van der Waals surface area contributed by atoms with E-state index in [1.807, 2.05) is 42.6 Å². The largest absolute Gasteiger partial charge is 0.322 e. The van der Waals surface area contributed by atoms with Gasteiger partial charge in [0.25, 0.3) is 5.91 Å². The lowest BCUT2D eigenvalue weighted by Crippen LogP contribution is -2.12. The summed E-state index contributed by atoms with van der Waals surface area (Å²) in [5.74, 6) is -0.194. The molecule has 1 N–H and O–H groups in total. The number of aromatic nitrogens is 6. The zero-order chi connectivity index (χ0) is 17.1. The Morgan fingerprint density at radius 3 is 2.56 bits per heavy atom. The van der Waals surface area contributed by atoms with Gasteiger partial charge in [-0.1, -0.05) is 6.07 Å². The summed E-state index contributed by atoms with van der Waals surface area (Å²) in [5.41, 5.74) is 2.87. The predicted molar refractivity (Wildman–Crippen MR) is 90.7 cm³/mol. The molecule has 122 valence electrons. The van der Waals surface area contributed by atoms with E-state index in [9.17, 15) is 4.79 Å². The van der Waals surface area contributed by atoms with Crippen molar-refractivity contribution in [1.82, 2.24) is 30.0 Å². The van der Waals surface area contributed by atoms with Crippen molar-refractivity contribution < 1.29 is 4.79 Å². The van der Waals surface area contributed by atoms with Crippen molar-refractivity contribution in [2.45, 2.75) is 0 Å². The van der Waals surface area contributed by atoms with Gasteiger partial charge < -0.3 is 5.32 Å². The smallest absolute Gasteiger partial charge is 0.255 e. The Hall–Kier alpha value is -3.81. The van der Waals surface area contributed by atoms with E-state index in [0.29, 0.717) is 11.3 Å². The van der Waals surface area contributed by atoms with Gasteiger partial charge in [-0.25, -0.2) is 9.36 Å². The van der Waals surface area contributed by atoms with E-state index in [0.717, 1.165) is 11.4 Å². The Morgan fingerprint density at radius 1 is 0.960 bits per heavy atom. The number of hydrogen-bond donors (Lipinski definition) is 1. The zero-order valence-corrected chi connectivity index (χ0v) is 13.0. The molecule has 8 nitrogen and oxygen atoms in total. The van der Waals surface area contributed by atoms with Crippen LogP contribution in [0.15, 0.2) is 73.3 Å². The molecule has 0 bridgehead atoms. The molecule has 0 spiro atoms. The number of hydrogen-bond acceptors (Lipinski definition) is 5. The van der Waals surface area contributed by atoms with Gasteiger partial charge in [-0.2, -0.15) is 5.10 Å². The second-order valence-electron chi connectivity index (χ2n) is 5.26. The van der Waals surface area contributed by atoms with Crippen molar-refractivity contribution in [3.63, 3.8) is 0 Å². The number of tetrazole rings is 1. The molecular weight excluding hydrogens is 318 g/mol. The standard InChI is InChI=1S/C17H13N7O/c25-17(13-5-7-15(8-6-13)23-10-2-9-19-23)20-14-3-1-4-16(11-14)24-12-18-21-22-24/h1-12H,(H,20,25). The second kappa shape index (κ2) is 6.36. The van der Waals surface area contributed by atoms with Gasteiger partial charge >= 0.3 is 0 Å². The first-order valence-corrected chi connectivity index (χ1v) is 7.54. The molecule has 0 saturated heterocycles. The monoisotopic (exact) mass is 331 g/mol. The van der Waals surface area contributed by atoms with Crippen LogP contribution in [0.3, 0.4) is 0 Å². The molecule has 0 fully saturated rings. The molecule has 2 aromatic heterocycles. The van der Waals surface area contributed by atoms with E-state index in [1.165, 1.54) is 11.0 Å². The van der Waals surface area contributed by atoms with Crippen molar-refractivity contribution in [2.24, 2.45) is 0 Å². The summed E-state index contributed by atoms with van der Waals surface area (Å²) >= 11 is 0. The molecular formula is C17H13N7O. The van der Waals surface area contributed by atoms with Crippen molar-refractivity contribution in [2.75, 3.05) is 5.32 Å². The number of anilines is 1. The minimum atomic E-state index is -0.194. The van der Waals surface area contributed by atoms with Crippen LogP contribution in [0, 0.1) is 0 Å². The Balaban J connectivity index is 1.51. The Morgan fingerprint density at radius 2 is 1.84 bits per heavy atom. The molecule has 2 heterocycles. The lowest BCUT2D eigenvalue weighted by atomic mass is 10.2. The summed E-state index contributed by atoms with van der Waals surface area (Å²) in [6, 6.07) is 16.3. The van der Waals surface area contributed by atoms with Crippen LogP contribution in [0.5, 0.6) is 0 Å². The van der Waals surface area contributed by atoms with Crippen LogP contribution in [0.1, 0.15) is 10.4 Å². The summed E-state index contributed by atoms with van der Waals surface area (Å²) in [7, 11) is 0. The summed E-state index contributed by atoms with van der Waals surface area (Å²) in [6.07, 6.45) is 5.05. The summed E-state index contributed by atoms with van der Waals surface area (Å²) in [5, 5.41) is 18.1. The van der Waals surface area contributed by atoms with Crippen molar-refractivity contribution in [3.8, 4) is 11.4 Å². The highest BCUT2D eigenvalue weighted by Crippen LogP contribution is 2.15. The second-order valence-corrected chi connectivity index (χ2v) is 5.26. The first kappa shape index (κ1) is 14.8. The number of amides is 1. The average Bonchev–Trinajstić information content (AvgIpc) is 3.36. The van der Waals surface area contributed by atoms with Gasteiger partial charge in [-0.15, -0.1) is 5.10 Å². The number of nitrogens with zero attached hydrogens (tertiary/aromatic N) is 6. The highest BCUT2D eigenvalue weighted by molar-refractivity contribution is 6.04. The normalized spacial score (nSPS) is 10.6. The first-order chi connectivity index (χ1) is 12.3. The van der Waals surface area contributed by atoms with Gasteiger partial charge in [0.1, 0.15) is 6.33 Å². The molecule has 0 saturated carbocycles. The minimum Gasteiger partial charge on any atom is -0.322 e. The summed E-state index contributed by atoms with van der Waals surface area (Å²) in [6.45, 7) is 0. The maximum Gasteiger partial charge on any atom is 0.255 e. The molecule has 2 aromatic carbocycles. The Bertz CT molecular complexity index is 976. The van der Waals surface area contributed by atoms with Gasteiger partial charge in [0, 0.05) is 23.6 Å². The molecule has 0 atom stereocenters. The van der Waals surface area contributed by atoms with Crippen molar-refractivity contribution >= 4 is 11.6 Å². The lowest BCUT2D eigenvalue weighted by molar-refractivity contribution is 0.102. The topological polar surface area (TPSA) is 90.5 Å². The number of rotatable bonds is 4. The Kier molecular flexibility index (Phi) is 3.76. The number of benzene rings is 2. The fourth-order valence-electron chi connectivity index (χ4n) is 2.40. The molecule has 0 aliphatic carbocycles. The third kappa shape index (κ3) is 3.13. The summed E-state index contributed by atoms with van der Waals surface area (Å²) < 4.78 is 3.26. The molecule has 4 aromatic rings. The van der Waals surface area contributed by atoms with Crippen LogP contribution < -0.4 is 5.32 Å². The number of carbonyl (C=O) groups is 1. The fraction of sp³-hybridized carbons (Fsp3) is 0. The molecule has 4 rings (SSSR count). The predicted octanol–water partition coefficient (Wildman–Crippen LogP) is 2.10. The highest BCUT2D eigenvalue weighted by Gasteiger charge is 2.08. The maximum absolute atomic E-state index is 12.4. The molecule has 0 radical (unpaired) electrons. The van der Waals surface area contributed by atoms with Crippen LogP contribution in [0.4, 0.5) is 5.69 Å². The minimum absolute atomic E-state index is 0.194. The molecule has 25 heavy (non-hydrogen) atoms. The number of nitrogens with one attached hydrogen (secondary N) is 1. The van der Waals surface area contributed by atoms with E-state index in [2.05, 4.69) is 25.9 Å². The van der Waals surface area contributed by atoms with E-state index in [-0.39, 0.29) is 5.91 Å². The molecule has 1 amide bonds. The van der Waals surface area contributed by atoms with Crippen molar-refractivity contribution in [1.29, 1.82) is 0 Å². The number of carbonyl (C=O) groups excluding carboxylic acids is 1. The van der Waals surface area contributed by atoms with Crippen LogP contribution >= 0.6 is 0 Å². The summed E-state index contributed by atoms with van der Waals surface area (Å²) in [4.78, 5) is 12.4. The van der Waals surface area contributed by atoms with Crippen LogP contribution in [-0.2, 0) is 0 Å². The van der Waals surface area contributed by atoms with Gasteiger partial charge in [0.15, 0.2) is 0 Å². The van der Waals surface area contributed by atoms with Crippen LogP contribution in [0.2, 0.25) is 0 Å². The fourth-order valence-corrected chi connectivity index (χ4v) is 2.40. The lowest BCUT2D eigenvalue weighted by Gasteiger charge is -2.08. The van der Waals surface area contributed by atoms with E-state index >= 15 is 0 Å². The molecule has 0 aliphatic rings. The van der Waals surface area contributed by atoms with E-state index < -0.39 is 0 Å². The van der Waals surface area contributed by atoms with Crippen LogP contribution in [-0.4, -0.2) is 35.9 Å². The van der Waals surface area contributed by atoms with E-state index in [1.54, 1.807) is 29.1 Å². The SMILES string of the molecule is O=C(Nc1cccc(-n2cnnn2)c1)c1ccc(-n2cccn2)cc1. The van der Waals surface area contributed by atoms with Crippen LogP contribution in [0.25, 0.3) is 11.4 Å². The van der Waals surface area contributed by atoms with Gasteiger partial charge in [0.05, 0.1) is 11.4 Å². The molecule has 8 heteroatoms. The highest BCUT2D eigenvalue weighted by atomic mass is 16.1. The molecule has 0 unspecified atom stereocenters. The Labute approximate surface area is 142 Å². The van der Waals surface area contributed by atoms with Gasteiger partial charge in [-0.3, -0.25) is 4.79 Å². The van der Waals surface area contributed by atoms with E-state index in [4.69, 9.17) is 0 Å². The molecule has 0 aliphatic heterocycles. The van der Waals surface area contributed by atoms with Gasteiger partial charge in [-0.05, 0) is 59.0 Å². The van der Waals surface area contributed by atoms with Gasteiger partial charge in [0.2, 0.25) is 0 Å².